The Hall–Kier alpha value is -8.10. The molecule has 37 atom stereocenters. The molecule has 15 rings (SSSR count). The second kappa shape index (κ2) is 53.6. The minimum absolute atomic E-state index is 0.00291. The third kappa shape index (κ3) is 32.8. The molecule has 5 aliphatic heterocycles. The molecule has 15 aliphatic rings. The Labute approximate surface area is 1010 Å². The van der Waals surface area contributed by atoms with Gasteiger partial charge in [0.2, 0.25) is 7.16 Å². The van der Waals surface area contributed by atoms with Gasteiger partial charge in [0, 0.05) is 143 Å². The number of rotatable bonds is 35. The van der Waals surface area contributed by atoms with Gasteiger partial charge >= 0.3 is 59.7 Å². The number of aliphatic hydroxyl groups is 5. The van der Waals surface area contributed by atoms with Crippen molar-refractivity contribution in [3.8, 4) is 0 Å². The van der Waals surface area contributed by atoms with Gasteiger partial charge in [0.1, 0.15) is 61.0 Å². The molecule has 5 saturated heterocycles. The molecule has 840 valence electrons. The molecule has 0 aromatic heterocycles. The molecule has 0 aromatic rings. The number of carbonyl (C=O) groups is 10. The summed E-state index contributed by atoms with van der Waals surface area (Å²) in [6.07, 6.45) is -49.8. The number of carbonyl (C=O) groups excluding carboxylic acids is 10. The van der Waals surface area contributed by atoms with Crippen LogP contribution in [0.3, 0.4) is 0 Å². The van der Waals surface area contributed by atoms with Crippen LogP contribution in [0.25, 0.3) is 0 Å². The van der Waals surface area contributed by atoms with E-state index >= 15 is 0 Å². The highest BCUT2D eigenvalue weighted by Crippen LogP contribution is 2.54. The second-order valence-electron chi connectivity index (χ2n) is 40.7. The van der Waals surface area contributed by atoms with Crippen LogP contribution in [0.15, 0.2) is 119 Å². The lowest BCUT2D eigenvalue weighted by Gasteiger charge is -2.44. The molecule has 10 aliphatic carbocycles. The van der Waals surface area contributed by atoms with Crippen molar-refractivity contribution in [2.24, 2.45) is 145 Å². The van der Waals surface area contributed by atoms with Crippen LogP contribution in [-0.2, 0) is 95.3 Å². The number of hydrogen-bond acceptors (Lipinski definition) is 25. The predicted octanol–water partition coefficient (Wildman–Crippen LogP) is 22.9. The summed E-state index contributed by atoms with van der Waals surface area (Å²) in [6.45, 7) is -27.0. The van der Waals surface area contributed by atoms with Crippen LogP contribution in [-0.4, -0.2) is 184 Å². The standard InChI is InChI=1S/5C25H38O5/c5*1-6-25(4,5)24(28)30-21-12-15(2)11-17-8-7-16(3)20(23(17)21)10-9-19-13-18(26)14-22(27)29-19/h5*7-8,11,15-16,18-21,23,26H,6,9-10,12-14H2,1-5H3/t5*15-,16-,18+,19?,20-,21?,23-/m00000/s1/i2*1D3,4D3,5D3,6D2,7D,8D,11D,12D2,15D,16D,26D;1D3,4D3,6D2,7D,8D,11D,12D2,15D,16D,26D;4D3,5D3,7D,8D,11D,12D2,15D,16D,26D;4D3,7D,8D,11D,12D2,15D,16D,26D/t2m;15-,16-,18+,19?,20-,21?,23-,25?;m;15-,16-,18+,19?,20-,21?,23-,25?. The topological polar surface area (TPSA) is 364 Å². The van der Waals surface area contributed by atoms with Gasteiger partial charge in [-0.15, -0.1) is 0 Å². The number of hydrogen-bond donors (Lipinski definition) is 5. The van der Waals surface area contributed by atoms with E-state index in [1.54, 1.807) is 0 Å². The summed E-state index contributed by atoms with van der Waals surface area (Å²) in [5, 5.41) is 22.8. The molecule has 5 fully saturated rings. The second-order valence-corrected chi connectivity index (χ2v) is 40.7. The average Bonchev–Trinajstić information content (AvgIpc) is 0.671. The van der Waals surface area contributed by atoms with E-state index in [9.17, 15) is 47.9 Å². The van der Waals surface area contributed by atoms with E-state index in [4.69, 9.17) is 156 Å². The van der Waals surface area contributed by atoms with Crippen LogP contribution in [0, 0.1) is 145 Å². The maximum absolute atomic E-state index is 14.1. The first-order valence-corrected chi connectivity index (χ1v) is 50.1. The number of cyclic esters (lactones) is 5. The van der Waals surface area contributed by atoms with Gasteiger partial charge in [0.15, 0.2) is 0 Å². The van der Waals surface area contributed by atoms with Crippen molar-refractivity contribution in [3.05, 3.63) is 119 Å². The van der Waals surface area contributed by atoms with Crippen LogP contribution in [0.2, 0.25) is 0 Å². The Morgan fingerprint density at radius 3 is 0.713 bits per heavy atom. The van der Waals surface area contributed by atoms with Crippen molar-refractivity contribution in [2.45, 2.75) is 456 Å². The zero-order chi connectivity index (χ0) is 178. The van der Waals surface area contributed by atoms with Crippen molar-refractivity contribution >= 4 is 59.7 Å². The third-order valence-electron chi connectivity index (χ3n) is 28.6. The molecule has 0 bridgehead atoms. The Bertz CT molecular complexity index is 8430. The number of ether oxygens (including phenoxy) is 10. The number of aliphatic hydroxyl groups excluding tert-OH is 5. The lowest BCUT2D eigenvalue weighted by Crippen LogP contribution is -2.43. The van der Waals surface area contributed by atoms with Crippen molar-refractivity contribution in [1.29, 1.82) is 7.16 Å². The molecule has 0 radical (unpaired) electrons. The summed E-state index contributed by atoms with van der Waals surface area (Å²) in [6, 6.07) is -10.3. The maximum atomic E-state index is 14.1. The van der Waals surface area contributed by atoms with E-state index in [2.05, 4.69) is 25.5 Å². The monoisotopic (exact) mass is 2170 g/mol. The summed E-state index contributed by atoms with van der Waals surface area (Å²) in [5.41, 5.74) is -19.5. The van der Waals surface area contributed by atoms with Crippen LogP contribution < -0.4 is 0 Å². The quantitative estimate of drug-likeness (QED) is 0.0291. The van der Waals surface area contributed by atoms with E-state index in [1.807, 2.05) is 0 Å². The summed E-state index contributed by atoms with van der Waals surface area (Å²) < 4.78 is 709. The third-order valence-corrected chi connectivity index (χ3v) is 28.6. The molecule has 0 aromatic carbocycles. The number of fused-ring (bicyclic) bond motifs is 5. The molecule has 5 heterocycles. The van der Waals surface area contributed by atoms with Crippen molar-refractivity contribution in [1.82, 2.24) is 0 Å². The Kier molecular flexibility index (Phi) is 18.9. The zero-order valence-electron chi connectivity index (χ0n) is 165. The maximum Gasteiger partial charge on any atom is 0.311 e. The first-order valence-electron chi connectivity index (χ1n) is 89.2. The van der Waals surface area contributed by atoms with E-state index in [-0.39, 0.29) is 146 Å². The molecule has 25 heteroatoms. The van der Waals surface area contributed by atoms with Crippen molar-refractivity contribution in [2.75, 3.05) is 0 Å². The Morgan fingerprint density at radius 1 is 0.327 bits per heavy atom. The van der Waals surface area contributed by atoms with Gasteiger partial charge in [-0.1, -0.05) is 194 Å². The molecular weight excluding hydrogens is 1900 g/mol. The van der Waals surface area contributed by atoms with Gasteiger partial charge in [0.25, 0.3) is 0 Å². The smallest absolute Gasteiger partial charge is 0.311 e. The summed E-state index contributed by atoms with van der Waals surface area (Å²) >= 11 is 0. The minimum atomic E-state index is -4.48. The van der Waals surface area contributed by atoms with Crippen molar-refractivity contribution < 1.29 is 222 Å². The van der Waals surface area contributed by atoms with E-state index < -0.39 is 537 Å². The largest absolute Gasteiger partial charge is 0.462 e. The van der Waals surface area contributed by atoms with Crippen molar-refractivity contribution in [3.63, 3.8) is 0 Å². The first kappa shape index (κ1) is 52.8. The van der Waals surface area contributed by atoms with Crippen LogP contribution >= 0.6 is 0 Å². The minimum Gasteiger partial charge on any atom is -0.462 e. The predicted molar refractivity (Wildman–Crippen MR) is 577 cm³/mol. The molecule has 0 spiro atoms. The van der Waals surface area contributed by atoms with Crippen LogP contribution in [0.4, 0.5) is 0 Å². The van der Waals surface area contributed by atoms with Crippen LogP contribution in [0.1, 0.15) is 466 Å². The molecule has 0 saturated carbocycles. The van der Waals surface area contributed by atoms with Gasteiger partial charge in [-0.3, -0.25) is 47.9 Å². The van der Waals surface area contributed by atoms with Crippen LogP contribution in [0.5, 0.6) is 0 Å². The fourth-order valence-corrected chi connectivity index (χ4v) is 20.1. The lowest BCUT2D eigenvalue weighted by atomic mass is 9.65. The highest BCUT2D eigenvalue weighted by atomic mass is 16.6. The zero-order valence-corrected chi connectivity index (χ0v) is 86.2. The molecule has 12 unspecified atom stereocenters. The van der Waals surface area contributed by atoms with Gasteiger partial charge < -0.3 is 72.9 Å². The van der Waals surface area contributed by atoms with E-state index in [0.717, 1.165) is 55.4 Å². The Morgan fingerprint density at radius 2 is 0.520 bits per heavy atom. The molecule has 25 nitrogen and oxygen atoms in total. The Balaban J connectivity index is 0.000000260. The fourth-order valence-electron chi connectivity index (χ4n) is 20.1. The van der Waals surface area contributed by atoms with Gasteiger partial charge in [-0.25, -0.2) is 0 Å². The highest BCUT2D eigenvalue weighted by molar-refractivity contribution is 5.79. The number of allylic oxidation sites excluding steroid dienone is 15. The van der Waals surface area contributed by atoms with E-state index in [0.29, 0.717) is 6.92 Å². The highest BCUT2D eigenvalue weighted by Gasteiger charge is 2.52. The number of esters is 10. The van der Waals surface area contributed by atoms with E-state index in [1.165, 1.54) is 34.6 Å². The lowest BCUT2D eigenvalue weighted by molar-refractivity contribution is -0.166. The SMILES string of the molecule is [2H]O[C@H]1CC(=O)OC(CC[C@@H]2[C@@H]3C(=C([2H])[C@]([2H])(C)C([2H])([2H])C3OC(=O)C(C([2H])([2H])[2H])(C([2H])([2H])[2H])C([2H])([2H])C([2H])([2H])[2H])C([2H])=C([2H])[C@]2([2H])C)C1.[2H]O[C@H]1CC(=O)OC(CC[C@@H]2[C@@H]3C(=C([2H])[C@]([2H])(C)C([2H])([2H])C3OC(=O)C(C([2H])([2H])[2H])(C([2H])([2H])[2H])C([2H])([2H])C([2H])([2H])[2H])C([2H])=C([2H])[C@]2([2H])C)C1.[2H]O[C@H]1CC(=O)OC(CC[C@@H]2[C@@H]3C(=C([2H])[C@]([2H])(C)C([2H])([2H])C3OC(=O)C(C)(C([2H])([2H])[2H])C([2H])([2H])C([2H])([2H])[2H])C([2H])=C([2H])[C@]2([2H])C)C1.[2H]O[C@H]1CC(=O)OC(CC[C@@H]2[C@@H]3C(=C([2H])[C@]([2H])(C)C([2H])([2H])C3OC(=O)C(C)(CC)C([2H])([2H])[2H])C([2H])=C([2H])[C@]2([2H])C)C1.[2H]O[C@H]1CC(=O)OC(CC[C@@H]2[C@@H]3C(=C([2H])[C@]([2H])(C)C([2H])([2H])C3OC(=O)C(CC)(C([2H])([2H])[2H])C([2H])([2H])[2H])C([2H])=C([2H])[C@]2([2H])C)C1. The summed E-state index contributed by atoms with van der Waals surface area (Å²) in [7, 11) is 0. The molecule has 150 heavy (non-hydrogen) atoms. The molecule has 5 N–H and O–H groups in total. The fraction of sp³-hybridized carbons (Fsp3) is 0.760. The van der Waals surface area contributed by atoms with Gasteiger partial charge in [0.05, 0.1) is 110 Å². The van der Waals surface area contributed by atoms with Gasteiger partial charge in [-0.05, 0) is 313 Å². The van der Waals surface area contributed by atoms with Gasteiger partial charge in [-0.2, -0.15) is 0 Å². The average molecular weight is 2170 g/mol. The summed E-state index contributed by atoms with van der Waals surface area (Å²) in [4.78, 5) is 130. The molecule has 0 amide bonds. The normalized spacial score (nSPS) is 53.6. The first-order chi connectivity index (χ1) is 103. The summed E-state index contributed by atoms with van der Waals surface area (Å²) in [5.74, 6) is -51.1. The molecular formula is C125H190O25.